The average molecular weight is 290 g/mol. The fraction of sp³-hybridized carbons (Fsp3) is 0.467. The lowest BCUT2D eigenvalue weighted by atomic mass is 10.1. The summed E-state index contributed by atoms with van der Waals surface area (Å²) in [6.07, 6.45) is -0.626. The largest absolute Gasteiger partial charge is 0.376 e. The van der Waals surface area contributed by atoms with Crippen LogP contribution < -0.4 is 5.32 Å². The highest BCUT2D eigenvalue weighted by Gasteiger charge is 2.35. The third-order valence-electron chi connectivity index (χ3n) is 3.84. The first-order valence-electron chi connectivity index (χ1n) is 7.05. The van der Waals surface area contributed by atoms with E-state index in [-0.39, 0.29) is 18.4 Å². The Morgan fingerprint density at radius 1 is 1.33 bits per heavy atom. The summed E-state index contributed by atoms with van der Waals surface area (Å²) in [7, 11) is 0. The molecule has 0 saturated carbocycles. The number of hydrogen-bond acceptors (Lipinski definition) is 4. The number of ether oxygens (including phenoxy) is 2. The van der Waals surface area contributed by atoms with Crippen LogP contribution in [0.15, 0.2) is 24.3 Å². The van der Waals surface area contributed by atoms with Gasteiger partial charge >= 0.3 is 0 Å². The number of carbonyl (C=O) groups excluding carboxylic acids is 2. The average Bonchev–Trinajstić information content (AvgIpc) is 2.65. The van der Waals surface area contributed by atoms with Crippen molar-refractivity contribution in [1.82, 2.24) is 4.90 Å². The first-order valence-corrected chi connectivity index (χ1v) is 7.05. The zero-order chi connectivity index (χ0) is 14.8. The van der Waals surface area contributed by atoms with Gasteiger partial charge in [-0.1, -0.05) is 18.2 Å². The van der Waals surface area contributed by atoms with Crippen LogP contribution in [-0.4, -0.2) is 48.7 Å². The molecule has 1 aromatic rings. The van der Waals surface area contributed by atoms with Gasteiger partial charge in [-0.25, -0.2) is 0 Å². The van der Waals surface area contributed by atoms with Gasteiger partial charge in [-0.15, -0.1) is 0 Å². The van der Waals surface area contributed by atoms with Gasteiger partial charge in [0.05, 0.1) is 19.8 Å². The Labute approximate surface area is 123 Å². The van der Waals surface area contributed by atoms with E-state index in [1.165, 1.54) is 0 Å². The molecule has 3 rings (SSSR count). The number of hydrogen-bond donors (Lipinski definition) is 1. The summed E-state index contributed by atoms with van der Waals surface area (Å²) in [5.74, 6) is -0.390. The molecule has 2 aliphatic rings. The van der Waals surface area contributed by atoms with Crippen LogP contribution >= 0.6 is 0 Å². The predicted molar refractivity (Wildman–Crippen MR) is 75.6 cm³/mol. The van der Waals surface area contributed by atoms with Gasteiger partial charge in [-0.05, 0) is 18.6 Å². The predicted octanol–water partition coefficient (Wildman–Crippen LogP) is 0.771. The quantitative estimate of drug-likeness (QED) is 0.829. The van der Waals surface area contributed by atoms with Crippen LogP contribution in [0.25, 0.3) is 0 Å². The molecule has 112 valence electrons. The van der Waals surface area contributed by atoms with Gasteiger partial charge in [0.2, 0.25) is 5.91 Å². The number of carbonyl (C=O) groups is 2. The van der Waals surface area contributed by atoms with Crippen LogP contribution in [0.3, 0.4) is 0 Å². The van der Waals surface area contributed by atoms with Crippen molar-refractivity contribution >= 4 is 17.5 Å². The van der Waals surface area contributed by atoms with Crippen LogP contribution in [0.4, 0.5) is 5.69 Å². The van der Waals surface area contributed by atoms with Gasteiger partial charge < -0.3 is 19.7 Å². The Balaban J connectivity index is 1.86. The van der Waals surface area contributed by atoms with E-state index < -0.39 is 12.1 Å². The van der Waals surface area contributed by atoms with E-state index in [4.69, 9.17) is 9.47 Å². The molecule has 1 aromatic carbocycles. The second-order valence-electron chi connectivity index (χ2n) is 5.22. The Morgan fingerprint density at radius 3 is 2.90 bits per heavy atom. The molecule has 6 heteroatoms. The first kappa shape index (κ1) is 14.0. The fourth-order valence-corrected chi connectivity index (χ4v) is 2.56. The normalized spacial score (nSPS) is 25.8. The Bertz CT molecular complexity index is 554. The summed E-state index contributed by atoms with van der Waals surface area (Å²) in [4.78, 5) is 26.4. The summed E-state index contributed by atoms with van der Waals surface area (Å²) >= 11 is 0. The number of para-hydroxylation sites is 1. The lowest BCUT2D eigenvalue weighted by molar-refractivity contribution is -0.161. The fourth-order valence-electron chi connectivity index (χ4n) is 2.56. The molecule has 2 aliphatic heterocycles. The monoisotopic (exact) mass is 290 g/mol. The van der Waals surface area contributed by atoms with Crippen LogP contribution in [0.1, 0.15) is 12.5 Å². The van der Waals surface area contributed by atoms with Crippen molar-refractivity contribution in [3.63, 3.8) is 0 Å². The minimum atomic E-state index is -0.626. The molecule has 2 amide bonds. The Hall–Kier alpha value is -1.92. The van der Waals surface area contributed by atoms with E-state index in [2.05, 4.69) is 5.32 Å². The van der Waals surface area contributed by atoms with Crippen LogP contribution in [0.5, 0.6) is 0 Å². The van der Waals surface area contributed by atoms with Gasteiger partial charge in [0.25, 0.3) is 5.91 Å². The van der Waals surface area contributed by atoms with E-state index in [0.29, 0.717) is 19.8 Å². The van der Waals surface area contributed by atoms with E-state index in [1.54, 1.807) is 11.8 Å². The maximum Gasteiger partial charge on any atom is 0.255 e. The van der Waals surface area contributed by atoms with E-state index >= 15 is 0 Å². The molecule has 0 aliphatic carbocycles. The molecule has 6 nitrogen and oxygen atoms in total. The Kier molecular flexibility index (Phi) is 3.90. The maximum atomic E-state index is 12.6. The summed E-state index contributed by atoms with van der Waals surface area (Å²) in [6.45, 7) is 3.26. The number of nitrogens with one attached hydrogen (secondary N) is 1. The highest BCUT2D eigenvalue weighted by molar-refractivity contribution is 5.99. The molecule has 0 radical (unpaired) electrons. The Morgan fingerprint density at radius 2 is 2.14 bits per heavy atom. The van der Waals surface area contributed by atoms with Gasteiger partial charge in [-0.2, -0.15) is 0 Å². The minimum Gasteiger partial charge on any atom is -0.376 e. The molecular weight excluding hydrogens is 272 g/mol. The van der Waals surface area contributed by atoms with Crippen molar-refractivity contribution < 1.29 is 19.1 Å². The molecule has 1 N–H and O–H groups in total. The van der Waals surface area contributed by atoms with Crippen molar-refractivity contribution in [1.29, 1.82) is 0 Å². The highest BCUT2D eigenvalue weighted by Crippen LogP contribution is 2.24. The number of amides is 2. The molecular formula is C15H18N2O4. The number of rotatable bonds is 1. The van der Waals surface area contributed by atoms with Gasteiger partial charge in [-0.3, -0.25) is 9.59 Å². The molecule has 1 fully saturated rings. The molecule has 2 atom stereocenters. The SMILES string of the molecule is CC1C(=O)Nc2ccccc2CN1C(=O)C1COCCO1. The van der Waals surface area contributed by atoms with Crippen LogP contribution in [0, 0.1) is 0 Å². The molecule has 2 unspecified atom stereocenters. The van der Waals surface area contributed by atoms with Gasteiger partial charge in [0.15, 0.2) is 6.10 Å². The van der Waals surface area contributed by atoms with Gasteiger partial charge in [0, 0.05) is 12.2 Å². The molecule has 0 bridgehead atoms. The lowest BCUT2D eigenvalue weighted by Gasteiger charge is -2.31. The second kappa shape index (κ2) is 5.83. The number of benzene rings is 1. The van der Waals surface area contributed by atoms with E-state index in [0.717, 1.165) is 11.3 Å². The molecule has 21 heavy (non-hydrogen) atoms. The first-order chi connectivity index (χ1) is 10.2. The molecule has 1 saturated heterocycles. The van der Waals surface area contributed by atoms with E-state index in [9.17, 15) is 9.59 Å². The number of nitrogens with zero attached hydrogens (tertiary/aromatic N) is 1. The van der Waals surface area contributed by atoms with Crippen molar-refractivity contribution in [2.24, 2.45) is 0 Å². The summed E-state index contributed by atoms with van der Waals surface area (Å²) in [6, 6.07) is 6.96. The zero-order valence-corrected chi connectivity index (χ0v) is 11.9. The smallest absolute Gasteiger partial charge is 0.255 e. The van der Waals surface area contributed by atoms with Crippen LogP contribution in [-0.2, 0) is 25.6 Å². The number of anilines is 1. The maximum absolute atomic E-state index is 12.6. The molecule has 0 spiro atoms. The summed E-state index contributed by atoms with van der Waals surface area (Å²) < 4.78 is 10.7. The van der Waals surface area contributed by atoms with Crippen LogP contribution in [0.2, 0.25) is 0 Å². The van der Waals surface area contributed by atoms with Crippen molar-refractivity contribution in [2.75, 3.05) is 25.1 Å². The molecule has 2 heterocycles. The van der Waals surface area contributed by atoms with Crippen molar-refractivity contribution in [3.8, 4) is 0 Å². The molecule has 0 aromatic heterocycles. The number of fused-ring (bicyclic) bond motifs is 1. The second-order valence-corrected chi connectivity index (χ2v) is 5.22. The van der Waals surface area contributed by atoms with E-state index in [1.807, 2.05) is 24.3 Å². The summed E-state index contributed by atoms with van der Waals surface area (Å²) in [5, 5.41) is 2.86. The topological polar surface area (TPSA) is 67.9 Å². The highest BCUT2D eigenvalue weighted by atomic mass is 16.6. The standard InChI is InChI=1S/C15H18N2O4/c1-10-14(18)16-12-5-3-2-4-11(12)8-17(10)15(19)13-9-20-6-7-21-13/h2-5,10,13H,6-9H2,1H3,(H,16,18). The third kappa shape index (κ3) is 2.77. The zero-order valence-electron chi connectivity index (χ0n) is 11.9. The minimum absolute atomic E-state index is 0.190. The van der Waals surface area contributed by atoms with Crippen molar-refractivity contribution in [2.45, 2.75) is 25.6 Å². The van der Waals surface area contributed by atoms with Gasteiger partial charge in [0.1, 0.15) is 6.04 Å². The van der Waals surface area contributed by atoms with Crippen molar-refractivity contribution in [3.05, 3.63) is 29.8 Å². The lowest BCUT2D eigenvalue weighted by Crippen LogP contribution is -2.50. The third-order valence-corrected chi connectivity index (χ3v) is 3.84. The summed E-state index contributed by atoms with van der Waals surface area (Å²) in [5.41, 5.74) is 1.67.